The lowest BCUT2D eigenvalue weighted by Crippen LogP contribution is -2.44. The molecule has 3 aromatic rings. The van der Waals surface area contributed by atoms with E-state index in [4.69, 9.17) is 14.3 Å². The van der Waals surface area contributed by atoms with Gasteiger partial charge in [0.25, 0.3) is 5.91 Å². The number of amides is 1. The van der Waals surface area contributed by atoms with Gasteiger partial charge >= 0.3 is 11.6 Å². The van der Waals surface area contributed by atoms with E-state index in [0.29, 0.717) is 23.3 Å². The summed E-state index contributed by atoms with van der Waals surface area (Å²) in [5.74, 6) is -1.04. The molecule has 3 rings (SSSR count). The highest BCUT2D eigenvalue weighted by Gasteiger charge is 2.19. The maximum atomic E-state index is 12.6. The Morgan fingerprint density at radius 2 is 1.94 bits per heavy atom. The molecule has 1 aromatic heterocycles. The summed E-state index contributed by atoms with van der Waals surface area (Å²) < 4.78 is 11.0. The van der Waals surface area contributed by atoms with Crippen LogP contribution in [0.25, 0.3) is 11.0 Å². The zero-order chi connectivity index (χ0) is 22.4. The Morgan fingerprint density at radius 1 is 1.19 bits per heavy atom. The van der Waals surface area contributed by atoms with Crippen molar-refractivity contribution in [3.05, 3.63) is 75.6 Å². The normalized spacial score (nSPS) is 11.8. The number of carbonyl (C=O) groups excluding carboxylic acids is 1. The molecule has 0 fully saturated rings. The molecule has 1 heterocycles. The minimum absolute atomic E-state index is 0.257. The average molecular weight is 442 g/mol. The molecule has 1 amide bonds. The van der Waals surface area contributed by atoms with Gasteiger partial charge in [0.15, 0.2) is 6.61 Å². The summed E-state index contributed by atoms with van der Waals surface area (Å²) in [4.78, 5) is 35.7. The summed E-state index contributed by atoms with van der Waals surface area (Å²) in [6.07, 6.45) is 2.23. The molecule has 0 saturated carbocycles. The number of fused-ring (bicyclic) bond motifs is 1. The lowest BCUT2D eigenvalue weighted by Gasteiger charge is -2.14. The van der Waals surface area contributed by atoms with E-state index >= 15 is 0 Å². The molecule has 0 aliphatic rings. The second-order valence-electron chi connectivity index (χ2n) is 7.02. The first-order chi connectivity index (χ1) is 14.9. The number of rotatable bonds is 9. The zero-order valence-corrected chi connectivity index (χ0v) is 18.0. The van der Waals surface area contributed by atoms with Crippen molar-refractivity contribution in [2.45, 2.75) is 19.4 Å². The van der Waals surface area contributed by atoms with Crippen molar-refractivity contribution in [2.24, 2.45) is 0 Å². The van der Waals surface area contributed by atoms with Crippen molar-refractivity contribution >= 4 is 34.6 Å². The molecular formula is C23H23NO6S. The minimum Gasteiger partial charge on any atom is -0.484 e. The molecular weight excluding hydrogens is 418 g/mol. The fourth-order valence-corrected chi connectivity index (χ4v) is 3.75. The van der Waals surface area contributed by atoms with Gasteiger partial charge < -0.3 is 19.6 Å². The Morgan fingerprint density at radius 3 is 2.61 bits per heavy atom. The number of aliphatic carboxylic acids is 1. The molecule has 2 aromatic carbocycles. The van der Waals surface area contributed by atoms with E-state index < -0.39 is 23.5 Å². The quantitative estimate of drug-likeness (QED) is 0.492. The van der Waals surface area contributed by atoms with E-state index in [-0.39, 0.29) is 12.4 Å². The summed E-state index contributed by atoms with van der Waals surface area (Å²) in [7, 11) is 0. The van der Waals surface area contributed by atoms with E-state index in [1.54, 1.807) is 24.5 Å². The summed E-state index contributed by atoms with van der Waals surface area (Å²) in [6, 6.07) is 13.7. The van der Waals surface area contributed by atoms with Crippen LogP contribution in [0.5, 0.6) is 5.75 Å². The number of hydrogen-bond donors (Lipinski definition) is 2. The second kappa shape index (κ2) is 10.2. The second-order valence-corrected chi connectivity index (χ2v) is 7.93. The first-order valence-electron chi connectivity index (χ1n) is 9.63. The predicted molar refractivity (Wildman–Crippen MR) is 120 cm³/mol. The lowest BCUT2D eigenvalue weighted by molar-refractivity contribution is -0.141. The summed E-state index contributed by atoms with van der Waals surface area (Å²) in [6.45, 7) is 1.53. The van der Waals surface area contributed by atoms with Gasteiger partial charge in [-0.15, -0.1) is 0 Å². The minimum atomic E-state index is -1.10. The van der Waals surface area contributed by atoms with Gasteiger partial charge in [0.05, 0.1) is 0 Å². The molecule has 1 atom stereocenters. The van der Waals surface area contributed by atoms with Gasteiger partial charge in [0.2, 0.25) is 0 Å². The third-order valence-corrected chi connectivity index (χ3v) is 5.49. The van der Waals surface area contributed by atoms with Crippen molar-refractivity contribution < 1.29 is 23.8 Å². The topological polar surface area (TPSA) is 106 Å². The van der Waals surface area contributed by atoms with Crippen LogP contribution in [0, 0.1) is 6.92 Å². The highest BCUT2D eigenvalue weighted by molar-refractivity contribution is 7.98. The first kappa shape index (κ1) is 22.4. The Balaban J connectivity index is 1.74. The number of nitrogens with one attached hydrogen (secondary N) is 1. The summed E-state index contributed by atoms with van der Waals surface area (Å²) in [5, 5.41) is 12.3. The highest BCUT2D eigenvalue weighted by Crippen LogP contribution is 2.25. The number of benzene rings is 2. The van der Waals surface area contributed by atoms with Gasteiger partial charge in [-0.25, -0.2) is 9.59 Å². The Bertz CT molecular complexity index is 1140. The van der Waals surface area contributed by atoms with E-state index in [1.165, 1.54) is 11.8 Å². The third-order valence-electron chi connectivity index (χ3n) is 4.82. The predicted octanol–water partition coefficient (Wildman–Crippen LogP) is 3.00. The Hall–Kier alpha value is -3.26. The number of carboxylic acids is 1. The van der Waals surface area contributed by atoms with Crippen LogP contribution in [-0.2, 0) is 16.0 Å². The van der Waals surface area contributed by atoms with Crippen LogP contribution in [0.15, 0.2) is 57.7 Å². The molecule has 31 heavy (non-hydrogen) atoms. The van der Waals surface area contributed by atoms with Crippen LogP contribution in [0.2, 0.25) is 0 Å². The Kier molecular flexibility index (Phi) is 7.36. The molecule has 0 aliphatic carbocycles. The molecule has 0 saturated heterocycles. The van der Waals surface area contributed by atoms with Gasteiger partial charge in [-0.1, -0.05) is 30.3 Å². The van der Waals surface area contributed by atoms with Gasteiger partial charge in [0, 0.05) is 29.2 Å². The molecule has 8 heteroatoms. The lowest BCUT2D eigenvalue weighted by atomic mass is 10.00. The summed E-state index contributed by atoms with van der Waals surface area (Å²) >= 11 is 1.32. The van der Waals surface area contributed by atoms with Crippen molar-refractivity contribution in [3.8, 4) is 5.75 Å². The van der Waals surface area contributed by atoms with Gasteiger partial charge in [-0.2, -0.15) is 11.8 Å². The molecule has 0 spiro atoms. The third kappa shape index (κ3) is 5.67. The maximum absolute atomic E-state index is 12.6. The van der Waals surface area contributed by atoms with Crippen LogP contribution in [0.1, 0.15) is 16.7 Å². The molecule has 0 unspecified atom stereocenters. The fourth-order valence-electron chi connectivity index (χ4n) is 3.19. The number of aryl methyl sites for hydroxylation is 1. The van der Waals surface area contributed by atoms with Gasteiger partial charge in [-0.05, 0) is 36.4 Å². The molecule has 0 radical (unpaired) electrons. The van der Waals surface area contributed by atoms with E-state index in [2.05, 4.69) is 5.32 Å². The smallest absolute Gasteiger partial charge is 0.340 e. The van der Waals surface area contributed by atoms with Crippen molar-refractivity contribution in [2.75, 3.05) is 18.6 Å². The van der Waals surface area contributed by atoms with E-state index in [9.17, 15) is 14.4 Å². The fraction of sp³-hybridized carbons (Fsp3) is 0.261. The van der Waals surface area contributed by atoms with Gasteiger partial charge in [-0.3, -0.25) is 4.79 Å². The summed E-state index contributed by atoms with van der Waals surface area (Å²) in [5.41, 5.74) is 2.40. The molecule has 0 bridgehead atoms. The van der Waals surface area contributed by atoms with Crippen molar-refractivity contribution in [1.82, 2.24) is 5.32 Å². The maximum Gasteiger partial charge on any atom is 0.340 e. The van der Waals surface area contributed by atoms with Crippen LogP contribution in [-0.4, -0.2) is 41.6 Å². The number of hydrogen-bond acceptors (Lipinski definition) is 6. The van der Waals surface area contributed by atoms with E-state index in [1.807, 2.05) is 37.3 Å². The zero-order valence-electron chi connectivity index (χ0n) is 17.2. The van der Waals surface area contributed by atoms with Crippen molar-refractivity contribution in [3.63, 3.8) is 0 Å². The largest absolute Gasteiger partial charge is 0.484 e. The van der Waals surface area contributed by atoms with Crippen LogP contribution in [0.3, 0.4) is 0 Å². The standard InChI is InChI=1S/C23H23NO6S/c1-14-17-9-8-16(29-12-21(25)24-19(13-31-2)22(26)27)11-20(17)30-23(28)18(14)10-15-6-4-3-5-7-15/h3-9,11,19H,10,12-13H2,1-2H3,(H,24,25)(H,26,27)/t19-/m0/s1. The number of thioether (sulfide) groups is 1. The molecule has 0 aliphatic heterocycles. The number of ether oxygens (including phenoxy) is 1. The average Bonchev–Trinajstić information content (AvgIpc) is 2.75. The number of carboxylic acid groups (broad SMARTS) is 1. The monoisotopic (exact) mass is 441 g/mol. The van der Waals surface area contributed by atoms with Gasteiger partial charge in [0.1, 0.15) is 17.4 Å². The molecule has 7 nitrogen and oxygen atoms in total. The van der Waals surface area contributed by atoms with Crippen LogP contribution >= 0.6 is 11.8 Å². The Labute approximate surface area is 183 Å². The number of carbonyl (C=O) groups is 2. The SMILES string of the molecule is CSC[C@H](NC(=O)COc1ccc2c(C)c(Cc3ccccc3)c(=O)oc2c1)C(=O)O. The van der Waals surface area contributed by atoms with Crippen molar-refractivity contribution in [1.29, 1.82) is 0 Å². The molecule has 162 valence electrons. The highest BCUT2D eigenvalue weighted by atomic mass is 32.2. The molecule has 2 N–H and O–H groups in total. The van der Waals surface area contributed by atoms with Crippen LogP contribution in [0.4, 0.5) is 0 Å². The van der Waals surface area contributed by atoms with Crippen LogP contribution < -0.4 is 15.7 Å². The van der Waals surface area contributed by atoms with E-state index in [0.717, 1.165) is 16.5 Å². The first-order valence-corrected chi connectivity index (χ1v) is 11.0.